The number of nitrogens with one attached hydrogen (secondary N) is 1. The molecule has 116 valence electrons. The molecule has 0 aromatic rings. The van der Waals surface area contributed by atoms with E-state index in [9.17, 15) is 9.59 Å². The van der Waals surface area contributed by atoms with Crippen LogP contribution in [0.15, 0.2) is 35.6 Å². The molecule has 1 saturated heterocycles. The summed E-state index contributed by atoms with van der Waals surface area (Å²) in [6, 6.07) is 0. The number of carbonyl (C=O) groups excluding carboxylic acids is 2. The van der Waals surface area contributed by atoms with E-state index in [-0.39, 0.29) is 5.91 Å². The van der Waals surface area contributed by atoms with Crippen molar-refractivity contribution in [3.63, 3.8) is 0 Å². The van der Waals surface area contributed by atoms with E-state index in [0.29, 0.717) is 24.4 Å². The molecular weight excluding hydrogens is 268 g/mol. The molecule has 0 radical (unpaired) electrons. The van der Waals surface area contributed by atoms with Gasteiger partial charge in [-0.3, -0.25) is 4.79 Å². The maximum absolute atomic E-state index is 12.3. The average Bonchev–Trinajstić information content (AvgIpc) is 2.41. The number of allylic oxidation sites excluding steroid dienone is 2. The van der Waals surface area contributed by atoms with Gasteiger partial charge in [-0.25, -0.2) is 4.79 Å². The van der Waals surface area contributed by atoms with Crippen molar-refractivity contribution in [3.8, 4) is 0 Å². The molecule has 1 amide bonds. The van der Waals surface area contributed by atoms with Gasteiger partial charge in [0.25, 0.3) is 0 Å². The van der Waals surface area contributed by atoms with Gasteiger partial charge in [0, 0.05) is 18.8 Å². The molecule has 1 heterocycles. The van der Waals surface area contributed by atoms with E-state index in [1.165, 1.54) is 7.11 Å². The molecule has 5 heteroatoms. The van der Waals surface area contributed by atoms with Crippen molar-refractivity contribution in [2.45, 2.75) is 33.2 Å². The Morgan fingerprint density at radius 3 is 2.52 bits per heavy atom. The highest BCUT2D eigenvalue weighted by atomic mass is 16.5. The lowest BCUT2D eigenvalue weighted by Gasteiger charge is -2.38. The second-order valence-corrected chi connectivity index (χ2v) is 5.74. The number of amides is 1. The molecule has 1 fully saturated rings. The van der Waals surface area contributed by atoms with Gasteiger partial charge in [0.1, 0.15) is 0 Å². The van der Waals surface area contributed by atoms with Crippen molar-refractivity contribution in [1.82, 2.24) is 10.2 Å². The highest BCUT2D eigenvalue weighted by Crippen LogP contribution is 2.18. The molecule has 0 bridgehead atoms. The molecule has 1 N–H and O–H groups in total. The molecule has 0 aromatic heterocycles. The molecule has 1 aliphatic heterocycles. The normalized spacial score (nSPS) is 17.8. The zero-order chi connectivity index (χ0) is 16.2. The summed E-state index contributed by atoms with van der Waals surface area (Å²) in [5.41, 5.74) is 1.28. The van der Waals surface area contributed by atoms with Gasteiger partial charge in [-0.15, -0.1) is 0 Å². The highest BCUT2D eigenvalue weighted by molar-refractivity contribution is 5.92. The molecule has 21 heavy (non-hydrogen) atoms. The summed E-state index contributed by atoms with van der Waals surface area (Å²) < 4.78 is 4.74. The topological polar surface area (TPSA) is 58.6 Å². The minimum absolute atomic E-state index is 0.0276. The van der Waals surface area contributed by atoms with E-state index in [1.54, 1.807) is 17.1 Å². The molecule has 1 aliphatic rings. The fraction of sp³-hybridized carbons (Fsp3) is 0.500. The van der Waals surface area contributed by atoms with Crippen LogP contribution in [0.4, 0.5) is 0 Å². The Balaban J connectivity index is 2.90. The van der Waals surface area contributed by atoms with E-state index < -0.39 is 11.5 Å². The molecule has 0 aromatic carbocycles. The van der Waals surface area contributed by atoms with Gasteiger partial charge in [-0.05, 0) is 39.8 Å². The van der Waals surface area contributed by atoms with Gasteiger partial charge < -0.3 is 15.0 Å². The molecule has 1 rings (SSSR count). The summed E-state index contributed by atoms with van der Waals surface area (Å²) in [6.07, 6.45) is 3.32. The number of carbonyl (C=O) groups is 2. The van der Waals surface area contributed by atoms with E-state index in [4.69, 9.17) is 4.74 Å². The number of piperazine rings is 1. The fourth-order valence-corrected chi connectivity index (χ4v) is 2.09. The number of hydrogen-bond donors (Lipinski definition) is 1. The first-order valence-corrected chi connectivity index (χ1v) is 6.90. The largest absolute Gasteiger partial charge is 0.465 e. The highest BCUT2D eigenvalue weighted by Gasteiger charge is 2.35. The molecule has 0 saturated carbocycles. The van der Waals surface area contributed by atoms with Crippen LogP contribution in [0.1, 0.15) is 27.7 Å². The Hall–Kier alpha value is -1.88. The minimum atomic E-state index is -0.600. The van der Waals surface area contributed by atoms with Crippen molar-refractivity contribution in [2.75, 3.05) is 20.2 Å². The zero-order valence-electron chi connectivity index (χ0n) is 13.4. The van der Waals surface area contributed by atoms with E-state index in [0.717, 1.165) is 5.57 Å². The lowest BCUT2D eigenvalue weighted by Crippen LogP contribution is -2.60. The summed E-state index contributed by atoms with van der Waals surface area (Å²) in [4.78, 5) is 25.6. The Kier molecular flexibility index (Phi) is 5.49. The van der Waals surface area contributed by atoms with Gasteiger partial charge in [0.15, 0.2) is 0 Å². The van der Waals surface area contributed by atoms with Crippen LogP contribution in [0.2, 0.25) is 0 Å². The first-order valence-electron chi connectivity index (χ1n) is 6.90. The SMILES string of the molecule is C=C(/C=C\C(C(=O)OC)=C(C)C)N1CCNC(C)(C)C1=O. The monoisotopic (exact) mass is 292 g/mol. The first kappa shape index (κ1) is 17.2. The standard InChI is InChI=1S/C16H24N2O3/c1-11(2)13(14(19)21-6)8-7-12(3)18-10-9-17-16(4,5)15(18)20/h7-8,17H,3,9-10H2,1-2,4-6H3/b8-7-. The Labute approximate surface area is 126 Å². The third-order valence-corrected chi connectivity index (χ3v) is 3.42. The van der Waals surface area contributed by atoms with Crippen LogP contribution in [0.5, 0.6) is 0 Å². The van der Waals surface area contributed by atoms with Crippen LogP contribution in [-0.4, -0.2) is 42.5 Å². The smallest absolute Gasteiger partial charge is 0.337 e. The van der Waals surface area contributed by atoms with E-state index in [2.05, 4.69) is 11.9 Å². The van der Waals surface area contributed by atoms with Crippen LogP contribution in [0, 0.1) is 0 Å². The minimum Gasteiger partial charge on any atom is -0.465 e. The van der Waals surface area contributed by atoms with Crippen molar-refractivity contribution >= 4 is 11.9 Å². The van der Waals surface area contributed by atoms with Crippen LogP contribution >= 0.6 is 0 Å². The average molecular weight is 292 g/mol. The molecule has 0 aliphatic carbocycles. The van der Waals surface area contributed by atoms with Crippen LogP contribution in [0.3, 0.4) is 0 Å². The number of ether oxygens (including phenoxy) is 1. The summed E-state index contributed by atoms with van der Waals surface area (Å²) in [6.45, 7) is 12.5. The molecule has 5 nitrogen and oxygen atoms in total. The van der Waals surface area contributed by atoms with Gasteiger partial charge in [0.2, 0.25) is 5.91 Å². The van der Waals surface area contributed by atoms with Gasteiger partial charge >= 0.3 is 5.97 Å². The van der Waals surface area contributed by atoms with Crippen LogP contribution < -0.4 is 5.32 Å². The third-order valence-electron chi connectivity index (χ3n) is 3.42. The summed E-state index contributed by atoms with van der Waals surface area (Å²) in [5, 5.41) is 3.16. The second-order valence-electron chi connectivity index (χ2n) is 5.74. The second kappa shape index (κ2) is 6.72. The number of hydrogen-bond acceptors (Lipinski definition) is 4. The maximum atomic E-state index is 12.3. The summed E-state index contributed by atoms with van der Waals surface area (Å²) in [5.74, 6) is -0.425. The Morgan fingerprint density at radius 1 is 1.38 bits per heavy atom. The summed E-state index contributed by atoms with van der Waals surface area (Å²) >= 11 is 0. The Bertz CT molecular complexity index is 512. The number of nitrogens with zero attached hydrogens (tertiary/aromatic N) is 1. The quantitative estimate of drug-likeness (QED) is 0.487. The van der Waals surface area contributed by atoms with Gasteiger partial charge in [-0.2, -0.15) is 0 Å². The van der Waals surface area contributed by atoms with Crippen molar-refractivity contribution in [2.24, 2.45) is 0 Å². The van der Waals surface area contributed by atoms with Gasteiger partial charge in [0.05, 0.1) is 18.2 Å². The molecular formula is C16H24N2O3. The Morgan fingerprint density at radius 2 is 2.00 bits per heavy atom. The maximum Gasteiger partial charge on any atom is 0.337 e. The van der Waals surface area contributed by atoms with Gasteiger partial charge in [-0.1, -0.05) is 12.2 Å². The fourth-order valence-electron chi connectivity index (χ4n) is 2.09. The number of esters is 1. The van der Waals surface area contributed by atoms with Crippen molar-refractivity contribution in [3.05, 3.63) is 35.6 Å². The first-order chi connectivity index (χ1) is 9.70. The zero-order valence-corrected chi connectivity index (χ0v) is 13.4. The van der Waals surface area contributed by atoms with Crippen molar-refractivity contribution in [1.29, 1.82) is 0 Å². The number of methoxy groups -OCH3 is 1. The number of rotatable bonds is 4. The predicted octanol–water partition coefficient (Wildman–Crippen LogP) is 1.78. The van der Waals surface area contributed by atoms with E-state index in [1.807, 2.05) is 27.7 Å². The van der Waals surface area contributed by atoms with Crippen molar-refractivity contribution < 1.29 is 14.3 Å². The lowest BCUT2D eigenvalue weighted by atomic mass is 10.00. The van der Waals surface area contributed by atoms with E-state index >= 15 is 0 Å². The molecule has 0 unspecified atom stereocenters. The lowest BCUT2D eigenvalue weighted by molar-refractivity contribution is -0.137. The van der Waals surface area contributed by atoms with Crippen LogP contribution in [-0.2, 0) is 14.3 Å². The third kappa shape index (κ3) is 4.04. The molecule has 0 spiro atoms. The van der Waals surface area contributed by atoms with Crippen LogP contribution in [0.25, 0.3) is 0 Å². The predicted molar refractivity (Wildman–Crippen MR) is 82.5 cm³/mol. The summed E-state index contributed by atoms with van der Waals surface area (Å²) in [7, 11) is 1.34. The molecule has 0 atom stereocenters.